The number of carbonyl (C=O) groups is 1. The molecular weight excluding hydrogens is 557 g/mol. The first-order valence-corrected chi connectivity index (χ1v) is 14.1. The topological polar surface area (TPSA) is 159 Å². The number of sulfonamides is 2. The molecule has 4 aromatic rings. The molecule has 0 saturated carbocycles. The molecule has 38 heavy (non-hydrogen) atoms. The molecule has 9 nitrogen and oxygen atoms in total. The second kappa shape index (κ2) is 10.5. The van der Waals surface area contributed by atoms with Gasteiger partial charge >= 0.3 is 0 Å². The van der Waals surface area contributed by atoms with Crippen LogP contribution in [0, 0.1) is 5.82 Å². The molecule has 0 radical (unpaired) electrons. The Hall–Kier alpha value is -3.81. The minimum Gasteiger partial charge on any atom is -0.455 e. The van der Waals surface area contributed by atoms with E-state index in [0.29, 0.717) is 11.1 Å². The molecule has 0 spiro atoms. The number of rotatable bonds is 7. The number of nitrogens with two attached hydrogens (primary N) is 2. The van der Waals surface area contributed by atoms with E-state index in [1.54, 1.807) is 12.1 Å². The van der Waals surface area contributed by atoms with Gasteiger partial charge in [0.05, 0.1) is 20.4 Å². The van der Waals surface area contributed by atoms with Crippen molar-refractivity contribution in [2.75, 3.05) is 5.32 Å². The number of ether oxygens (including phenoxy) is 1. The maximum absolute atomic E-state index is 13.5. The van der Waals surface area contributed by atoms with Gasteiger partial charge in [-0.1, -0.05) is 35.9 Å². The summed E-state index contributed by atoms with van der Waals surface area (Å²) in [5.74, 6) is -1.18. The van der Waals surface area contributed by atoms with Gasteiger partial charge < -0.3 is 10.1 Å². The fraction of sp³-hybridized carbons (Fsp3) is 0. The van der Waals surface area contributed by atoms with Crippen LogP contribution in [-0.2, 0) is 20.0 Å². The summed E-state index contributed by atoms with van der Waals surface area (Å²) in [7, 11) is -8.00. The molecule has 0 unspecified atom stereocenters. The Balaban J connectivity index is 1.79. The van der Waals surface area contributed by atoms with Crippen LogP contribution in [0.5, 0.6) is 11.5 Å². The van der Waals surface area contributed by atoms with Gasteiger partial charge in [-0.05, 0) is 71.8 Å². The van der Waals surface area contributed by atoms with E-state index in [2.05, 4.69) is 5.32 Å². The van der Waals surface area contributed by atoms with Crippen LogP contribution in [0.4, 0.5) is 10.1 Å². The normalized spacial score (nSPS) is 11.7. The largest absolute Gasteiger partial charge is 0.455 e. The van der Waals surface area contributed by atoms with Crippen LogP contribution in [-0.4, -0.2) is 22.7 Å². The van der Waals surface area contributed by atoms with Gasteiger partial charge in [-0.15, -0.1) is 0 Å². The second-order valence-electron chi connectivity index (χ2n) is 7.99. The van der Waals surface area contributed by atoms with Gasteiger partial charge in [-0.2, -0.15) is 0 Å². The minimum atomic E-state index is -4.02. The lowest BCUT2D eigenvalue weighted by atomic mass is 10.0. The van der Waals surface area contributed by atoms with E-state index >= 15 is 0 Å². The molecule has 0 atom stereocenters. The molecule has 0 aliphatic heterocycles. The summed E-state index contributed by atoms with van der Waals surface area (Å²) in [4.78, 5) is 13.0. The van der Waals surface area contributed by atoms with E-state index in [-0.39, 0.29) is 37.6 Å². The average molecular weight is 576 g/mol. The maximum atomic E-state index is 13.5. The van der Waals surface area contributed by atoms with Gasteiger partial charge in [-0.3, -0.25) is 4.79 Å². The number of halogens is 2. The number of nitrogens with one attached hydrogen (secondary N) is 1. The SMILES string of the molecule is NS(=O)(=O)c1cccc(NC(=O)c2cc(-c3cccc(S(N)(=O)=O)c3)ccc2Oc2ccc(F)cc2Cl)c1. The Morgan fingerprint density at radius 1 is 0.763 bits per heavy atom. The van der Waals surface area contributed by atoms with Gasteiger partial charge in [0.15, 0.2) is 0 Å². The molecule has 0 aliphatic carbocycles. The lowest BCUT2D eigenvalue weighted by molar-refractivity contribution is 0.102. The summed E-state index contributed by atoms with van der Waals surface area (Å²) in [5, 5.41) is 13.0. The Kier molecular flexibility index (Phi) is 7.54. The number of primary sulfonamides is 2. The predicted molar refractivity (Wildman–Crippen MR) is 141 cm³/mol. The number of hydrogen-bond donors (Lipinski definition) is 3. The van der Waals surface area contributed by atoms with Crippen LogP contribution in [0.25, 0.3) is 11.1 Å². The van der Waals surface area contributed by atoms with Crippen LogP contribution in [0.3, 0.4) is 0 Å². The van der Waals surface area contributed by atoms with E-state index in [0.717, 1.165) is 12.1 Å². The molecule has 5 N–H and O–H groups in total. The van der Waals surface area contributed by atoms with Crippen molar-refractivity contribution in [1.82, 2.24) is 0 Å². The summed E-state index contributed by atoms with van der Waals surface area (Å²) >= 11 is 6.09. The summed E-state index contributed by atoms with van der Waals surface area (Å²) in [6, 6.07) is 19.1. The van der Waals surface area contributed by atoms with Gasteiger partial charge in [-0.25, -0.2) is 31.5 Å². The zero-order valence-electron chi connectivity index (χ0n) is 19.3. The molecule has 0 aliphatic rings. The van der Waals surface area contributed by atoms with Gasteiger partial charge in [0.25, 0.3) is 5.91 Å². The average Bonchev–Trinajstić information content (AvgIpc) is 2.85. The van der Waals surface area contributed by atoms with Crippen molar-refractivity contribution in [3.05, 3.63) is 101 Å². The van der Waals surface area contributed by atoms with Crippen LogP contribution < -0.4 is 20.3 Å². The monoisotopic (exact) mass is 575 g/mol. The third-order valence-electron chi connectivity index (χ3n) is 5.25. The Morgan fingerprint density at radius 3 is 2.03 bits per heavy atom. The van der Waals surface area contributed by atoms with Crippen LogP contribution >= 0.6 is 11.6 Å². The van der Waals surface area contributed by atoms with Crippen molar-refractivity contribution >= 4 is 43.2 Å². The summed E-state index contributed by atoms with van der Waals surface area (Å²) in [6.45, 7) is 0. The fourth-order valence-electron chi connectivity index (χ4n) is 3.45. The summed E-state index contributed by atoms with van der Waals surface area (Å²) in [6.07, 6.45) is 0. The summed E-state index contributed by atoms with van der Waals surface area (Å²) < 4.78 is 66.3. The first-order chi connectivity index (χ1) is 17.8. The third kappa shape index (κ3) is 6.36. The number of benzene rings is 4. The van der Waals surface area contributed by atoms with E-state index in [9.17, 15) is 26.0 Å². The number of anilines is 1. The lowest BCUT2D eigenvalue weighted by Crippen LogP contribution is -2.15. The first kappa shape index (κ1) is 27.2. The first-order valence-electron chi connectivity index (χ1n) is 10.7. The molecule has 0 aromatic heterocycles. The highest BCUT2D eigenvalue weighted by Gasteiger charge is 2.19. The van der Waals surface area contributed by atoms with E-state index in [1.165, 1.54) is 60.7 Å². The number of hydrogen-bond acceptors (Lipinski definition) is 6. The number of amides is 1. The molecule has 4 rings (SSSR count). The lowest BCUT2D eigenvalue weighted by Gasteiger charge is -2.15. The van der Waals surface area contributed by atoms with Gasteiger partial charge in [0.1, 0.15) is 17.3 Å². The Bertz CT molecular complexity index is 1780. The highest BCUT2D eigenvalue weighted by molar-refractivity contribution is 7.89. The highest BCUT2D eigenvalue weighted by Crippen LogP contribution is 2.35. The smallest absolute Gasteiger partial charge is 0.259 e. The third-order valence-corrected chi connectivity index (χ3v) is 7.37. The molecule has 13 heteroatoms. The van der Waals surface area contributed by atoms with Crippen molar-refractivity contribution in [3.8, 4) is 22.6 Å². The van der Waals surface area contributed by atoms with E-state index in [4.69, 9.17) is 26.6 Å². The Morgan fingerprint density at radius 2 is 1.37 bits per heavy atom. The predicted octanol–water partition coefficient (Wildman–Crippen LogP) is 4.49. The van der Waals surface area contributed by atoms with E-state index in [1.807, 2.05) is 0 Å². The Labute approximate surface area is 222 Å². The van der Waals surface area contributed by atoms with Gasteiger partial charge in [0, 0.05) is 5.69 Å². The van der Waals surface area contributed by atoms with Crippen molar-refractivity contribution in [3.63, 3.8) is 0 Å². The molecule has 196 valence electrons. The standard InChI is InChI=1S/C25H19ClFN3O6S2/c26-22-13-17(27)8-10-24(22)36-23-9-7-16(15-3-1-5-19(11-15)37(28,32)33)12-21(23)25(31)30-18-4-2-6-20(14-18)38(29,34)35/h1-14H,(H,30,31)(H2,28,32,33)(H2,29,34,35). The molecular formula is C25H19ClFN3O6S2. The molecule has 0 bridgehead atoms. The van der Waals surface area contributed by atoms with Crippen molar-refractivity contribution in [2.45, 2.75) is 9.79 Å². The van der Waals surface area contributed by atoms with Gasteiger partial charge in [0.2, 0.25) is 20.0 Å². The minimum absolute atomic E-state index is 0.0232. The molecule has 4 aromatic carbocycles. The molecule has 1 amide bonds. The van der Waals surface area contributed by atoms with Crippen molar-refractivity contribution in [1.29, 1.82) is 0 Å². The van der Waals surface area contributed by atoms with Crippen LogP contribution in [0.1, 0.15) is 10.4 Å². The van der Waals surface area contributed by atoms with Crippen LogP contribution in [0.15, 0.2) is 94.7 Å². The highest BCUT2D eigenvalue weighted by atomic mass is 35.5. The van der Waals surface area contributed by atoms with Crippen molar-refractivity contribution < 1.29 is 30.8 Å². The second-order valence-corrected chi connectivity index (χ2v) is 11.5. The quantitative estimate of drug-likeness (QED) is 0.294. The van der Waals surface area contributed by atoms with E-state index < -0.39 is 31.8 Å². The summed E-state index contributed by atoms with van der Waals surface area (Å²) in [5.41, 5.74) is 0.989. The molecule has 0 fully saturated rings. The zero-order chi connectivity index (χ0) is 27.7. The maximum Gasteiger partial charge on any atom is 0.259 e. The molecule has 0 heterocycles. The number of carbonyl (C=O) groups excluding carboxylic acids is 1. The zero-order valence-corrected chi connectivity index (χ0v) is 21.6. The fourth-order valence-corrected chi connectivity index (χ4v) is 4.78. The van der Waals surface area contributed by atoms with Crippen LogP contribution in [0.2, 0.25) is 5.02 Å². The molecule has 0 saturated heterocycles. The van der Waals surface area contributed by atoms with Crippen molar-refractivity contribution in [2.24, 2.45) is 10.3 Å².